The minimum Gasteiger partial charge on any atom is -0.507 e. The molecule has 0 fully saturated rings. The quantitative estimate of drug-likeness (QED) is 0.678. The molecule has 0 saturated carbocycles. The molecule has 0 unspecified atom stereocenters. The molecular formula is C14H11Cl2NO5. The van der Waals surface area contributed by atoms with Gasteiger partial charge in [-0.25, -0.2) is 4.79 Å². The van der Waals surface area contributed by atoms with Gasteiger partial charge in [-0.3, -0.25) is 10.1 Å². The summed E-state index contributed by atoms with van der Waals surface area (Å²) in [5.74, 6) is -1.21. The SMILES string of the molecule is Cc1cc(O)c([C@H](C[N+](=O)[O-])c2ccc(Cl)cc2Cl)c(=O)o1. The highest BCUT2D eigenvalue weighted by atomic mass is 35.5. The van der Waals surface area contributed by atoms with Gasteiger partial charge in [-0.2, -0.15) is 0 Å². The third kappa shape index (κ3) is 3.40. The van der Waals surface area contributed by atoms with Gasteiger partial charge < -0.3 is 9.52 Å². The van der Waals surface area contributed by atoms with E-state index in [2.05, 4.69) is 0 Å². The van der Waals surface area contributed by atoms with Crippen molar-refractivity contribution in [3.05, 3.63) is 71.7 Å². The molecule has 1 heterocycles. The van der Waals surface area contributed by atoms with E-state index >= 15 is 0 Å². The van der Waals surface area contributed by atoms with Crippen molar-refractivity contribution in [2.75, 3.05) is 6.54 Å². The molecule has 1 atom stereocenters. The summed E-state index contributed by atoms with van der Waals surface area (Å²) in [6, 6.07) is 5.63. The molecule has 6 nitrogen and oxygen atoms in total. The first-order valence-corrected chi connectivity index (χ1v) is 6.95. The Morgan fingerprint density at radius 2 is 2.05 bits per heavy atom. The Labute approximate surface area is 135 Å². The van der Waals surface area contributed by atoms with Crippen molar-refractivity contribution in [3.8, 4) is 5.75 Å². The summed E-state index contributed by atoms with van der Waals surface area (Å²) in [4.78, 5) is 22.4. The molecule has 0 saturated heterocycles. The van der Waals surface area contributed by atoms with Crippen LogP contribution in [0.1, 0.15) is 22.8 Å². The Hall–Kier alpha value is -2.05. The number of aromatic hydroxyl groups is 1. The zero-order valence-corrected chi connectivity index (χ0v) is 12.9. The van der Waals surface area contributed by atoms with E-state index in [9.17, 15) is 20.0 Å². The van der Waals surface area contributed by atoms with Crippen molar-refractivity contribution >= 4 is 23.2 Å². The Balaban J connectivity index is 2.66. The molecule has 0 spiro atoms. The minimum atomic E-state index is -1.04. The highest BCUT2D eigenvalue weighted by molar-refractivity contribution is 6.35. The normalized spacial score (nSPS) is 12.1. The largest absolute Gasteiger partial charge is 0.507 e. The number of halogens is 2. The van der Waals surface area contributed by atoms with Crippen LogP contribution in [0.3, 0.4) is 0 Å². The van der Waals surface area contributed by atoms with E-state index in [1.54, 1.807) is 0 Å². The van der Waals surface area contributed by atoms with Gasteiger partial charge in [0.1, 0.15) is 11.5 Å². The lowest BCUT2D eigenvalue weighted by Gasteiger charge is -2.15. The van der Waals surface area contributed by atoms with Crippen LogP contribution in [-0.4, -0.2) is 16.6 Å². The van der Waals surface area contributed by atoms with Gasteiger partial charge in [0.25, 0.3) is 0 Å². The third-order valence-electron chi connectivity index (χ3n) is 3.11. The zero-order valence-electron chi connectivity index (χ0n) is 11.4. The Morgan fingerprint density at radius 1 is 1.36 bits per heavy atom. The molecule has 0 radical (unpaired) electrons. The van der Waals surface area contributed by atoms with E-state index in [0.717, 1.165) is 0 Å². The molecular weight excluding hydrogens is 333 g/mol. The maximum absolute atomic E-state index is 12.0. The van der Waals surface area contributed by atoms with E-state index in [1.807, 2.05) is 0 Å². The Morgan fingerprint density at radius 3 is 2.59 bits per heavy atom. The molecule has 2 aromatic rings. The van der Waals surface area contributed by atoms with Crippen molar-refractivity contribution in [2.45, 2.75) is 12.8 Å². The van der Waals surface area contributed by atoms with Crippen LogP contribution in [0, 0.1) is 17.0 Å². The van der Waals surface area contributed by atoms with E-state index in [-0.39, 0.29) is 22.1 Å². The van der Waals surface area contributed by atoms with Gasteiger partial charge in [0.2, 0.25) is 6.54 Å². The van der Waals surface area contributed by atoms with E-state index in [0.29, 0.717) is 10.6 Å². The molecule has 0 aliphatic carbocycles. The predicted octanol–water partition coefficient (Wildman–Crippen LogP) is 3.37. The smallest absolute Gasteiger partial charge is 0.343 e. The fourth-order valence-electron chi connectivity index (χ4n) is 2.20. The van der Waals surface area contributed by atoms with Crippen molar-refractivity contribution < 1.29 is 14.4 Å². The summed E-state index contributed by atoms with van der Waals surface area (Å²) in [7, 11) is 0. The Bertz CT molecular complexity index is 787. The monoisotopic (exact) mass is 343 g/mol. The van der Waals surface area contributed by atoms with Crippen LogP contribution in [0.25, 0.3) is 0 Å². The van der Waals surface area contributed by atoms with Crippen LogP contribution in [-0.2, 0) is 0 Å². The molecule has 2 rings (SSSR count). The first kappa shape index (κ1) is 16.3. The van der Waals surface area contributed by atoms with E-state index in [1.165, 1.54) is 31.2 Å². The first-order chi connectivity index (χ1) is 10.3. The number of hydrogen-bond donors (Lipinski definition) is 1. The summed E-state index contributed by atoms with van der Waals surface area (Å²) >= 11 is 11.9. The van der Waals surface area contributed by atoms with E-state index < -0.39 is 23.0 Å². The lowest BCUT2D eigenvalue weighted by Crippen LogP contribution is -2.21. The van der Waals surface area contributed by atoms with Crippen LogP contribution in [0.5, 0.6) is 5.75 Å². The van der Waals surface area contributed by atoms with Crippen molar-refractivity contribution in [1.82, 2.24) is 0 Å². The van der Waals surface area contributed by atoms with Crippen molar-refractivity contribution in [3.63, 3.8) is 0 Å². The van der Waals surface area contributed by atoms with Gasteiger partial charge in [0.15, 0.2) is 0 Å². The van der Waals surface area contributed by atoms with Crippen molar-refractivity contribution in [1.29, 1.82) is 0 Å². The summed E-state index contributed by atoms with van der Waals surface area (Å²) in [6.45, 7) is 0.866. The highest BCUT2D eigenvalue weighted by Gasteiger charge is 2.29. The highest BCUT2D eigenvalue weighted by Crippen LogP contribution is 2.34. The van der Waals surface area contributed by atoms with Crippen LogP contribution >= 0.6 is 23.2 Å². The fraction of sp³-hybridized carbons (Fsp3) is 0.214. The Kier molecular flexibility index (Phi) is 4.73. The van der Waals surface area contributed by atoms with Gasteiger partial charge in [0.05, 0.1) is 11.5 Å². The third-order valence-corrected chi connectivity index (χ3v) is 3.67. The van der Waals surface area contributed by atoms with Crippen molar-refractivity contribution in [2.24, 2.45) is 0 Å². The maximum Gasteiger partial charge on any atom is 0.343 e. The van der Waals surface area contributed by atoms with Crippen LogP contribution < -0.4 is 5.63 Å². The average molecular weight is 344 g/mol. The molecule has 1 aromatic heterocycles. The summed E-state index contributed by atoms with van der Waals surface area (Å²) in [6.07, 6.45) is 0. The first-order valence-electron chi connectivity index (χ1n) is 6.20. The predicted molar refractivity (Wildman–Crippen MR) is 81.5 cm³/mol. The molecule has 0 amide bonds. The molecule has 1 N–H and O–H groups in total. The molecule has 0 aliphatic heterocycles. The molecule has 0 aliphatic rings. The van der Waals surface area contributed by atoms with Crippen LogP contribution in [0.4, 0.5) is 0 Å². The standard InChI is InChI=1S/C14H11Cl2NO5/c1-7-4-12(18)13(14(19)22-7)10(6-17(20)21)9-3-2-8(15)5-11(9)16/h2-5,10,18H,6H2,1H3/t10-/m1/s1. The number of nitrogens with zero attached hydrogens (tertiary/aromatic N) is 1. The van der Waals surface area contributed by atoms with E-state index in [4.69, 9.17) is 27.6 Å². The topological polar surface area (TPSA) is 93.6 Å². The van der Waals surface area contributed by atoms with Gasteiger partial charge >= 0.3 is 5.63 Å². The second kappa shape index (κ2) is 6.37. The second-order valence-corrected chi connectivity index (χ2v) is 5.52. The molecule has 22 heavy (non-hydrogen) atoms. The second-order valence-electron chi connectivity index (χ2n) is 4.68. The lowest BCUT2D eigenvalue weighted by molar-refractivity contribution is -0.481. The molecule has 8 heteroatoms. The number of benzene rings is 1. The van der Waals surface area contributed by atoms with Crippen LogP contribution in [0.2, 0.25) is 10.0 Å². The number of aryl methyl sites for hydroxylation is 1. The lowest BCUT2D eigenvalue weighted by atomic mass is 9.91. The fourth-order valence-corrected chi connectivity index (χ4v) is 2.74. The molecule has 1 aromatic carbocycles. The maximum atomic E-state index is 12.0. The van der Waals surface area contributed by atoms with Gasteiger partial charge in [-0.15, -0.1) is 0 Å². The molecule has 0 bridgehead atoms. The average Bonchev–Trinajstić information content (AvgIpc) is 2.35. The number of hydrogen-bond acceptors (Lipinski definition) is 5. The molecule has 116 valence electrons. The minimum absolute atomic E-state index is 0.165. The summed E-state index contributed by atoms with van der Waals surface area (Å²) in [5, 5.41) is 21.5. The summed E-state index contributed by atoms with van der Waals surface area (Å²) in [5.41, 5.74) is -0.726. The van der Waals surface area contributed by atoms with Gasteiger partial charge in [0, 0.05) is 21.0 Å². The van der Waals surface area contributed by atoms with Gasteiger partial charge in [-0.1, -0.05) is 29.3 Å². The summed E-state index contributed by atoms with van der Waals surface area (Å²) < 4.78 is 4.93. The number of rotatable bonds is 4. The van der Waals surface area contributed by atoms with Gasteiger partial charge in [-0.05, 0) is 24.6 Å². The number of nitro groups is 1. The van der Waals surface area contributed by atoms with Crippen LogP contribution in [0.15, 0.2) is 33.5 Å². The zero-order chi connectivity index (χ0) is 16.4.